The summed E-state index contributed by atoms with van der Waals surface area (Å²) in [5.41, 5.74) is 0. The molecule has 1 saturated heterocycles. The molecule has 0 bridgehead atoms. The highest BCUT2D eigenvalue weighted by atomic mass is 16.2. The summed E-state index contributed by atoms with van der Waals surface area (Å²) in [6.45, 7) is 6.43. The number of nitrogens with one attached hydrogen (secondary N) is 1. The maximum Gasteiger partial charge on any atom is 0.242 e. The van der Waals surface area contributed by atoms with Crippen LogP contribution in [-0.4, -0.2) is 41.6 Å². The van der Waals surface area contributed by atoms with E-state index < -0.39 is 0 Å². The topological polar surface area (TPSA) is 37.3 Å². The first kappa shape index (κ1) is 16.1. The van der Waals surface area contributed by atoms with Crippen molar-refractivity contribution in [2.75, 3.05) is 26.2 Å². The lowest BCUT2D eigenvalue weighted by atomic mass is 10.2. The van der Waals surface area contributed by atoms with Crippen LogP contribution in [0.5, 0.6) is 0 Å². The van der Waals surface area contributed by atoms with E-state index in [9.17, 15) is 4.79 Å². The zero-order valence-electron chi connectivity index (χ0n) is 13.3. The van der Waals surface area contributed by atoms with Crippen molar-refractivity contribution in [1.29, 1.82) is 0 Å². The van der Waals surface area contributed by atoms with E-state index in [0.29, 0.717) is 0 Å². The highest BCUT2D eigenvalue weighted by Gasteiger charge is 2.13. The van der Waals surface area contributed by atoms with Crippen molar-refractivity contribution in [3.63, 3.8) is 0 Å². The average Bonchev–Trinajstić information content (AvgIpc) is 2.91. The molecule has 0 aromatic carbocycles. The molecule has 118 valence electrons. The third-order valence-electron chi connectivity index (χ3n) is 4.35. The van der Waals surface area contributed by atoms with Crippen molar-refractivity contribution in [3.05, 3.63) is 24.5 Å². The van der Waals surface area contributed by atoms with E-state index >= 15 is 0 Å². The molecule has 0 radical (unpaired) electrons. The summed E-state index contributed by atoms with van der Waals surface area (Å²) in [6, 6.07) is 3.78. The van der Waals surface area contributed by atoms with Gasteiger partial charge in [-0.3, -0.25) is 4.79 Å². The smallest absolute Gasteiger partial charge is 0.242 e. The normalized spacial score (nSPS) is 18.1. The number of likely N-dealkylation sites (tertiary alicyclic amines) is 1. The molecule has 4 heteroatoms. The predicted molar refractivity (Wildman–Crippen MR) is 86.3 cm³/mol. The second-order valence-electron chi connectivity index (χ2n) is 6.06. The van der Waals surface area contributed by atoms with E-state index in [1.165, 1.54) is 51.7 Å². The Hall–Kier alpha value is -1.29. The van der Waals surface area contributed by atoms with Crippen molar-refractivity contribution in [3.8, 4) is 0 Å². The van der Waals surface area contributed by atoms with E-state index in [4.69, 9.17) is 0 Å². The fourth-order valence-electron chi connectivity index (χ4n) is 2.92. The van der Waals surface area contributed by atoms with Crippen molar-refractivity contribution in [2.24, 2.45) is 0 Å². The van der Waals surface area contributed by atoms with Crippen LogP contribution in [0.25, 0.3) is 0 Å². The molecule has 1 fully saturated rings. The second kappa shape index (κ2) is 8.88. The molecule has 0 unspecified atom stereocenters. The number of amides is 1. The van der Waals surface area contributed by atoms with Gasteiger partial charge in [0.2, 0.25) is 5.91 Å². The van der Waals surface area contributed by atoms with Crippen LogP contribution in [0, 0.1) is 0 Å². The summed E-state index contributed by atoms with van der Waals surface area (Å²) in [6.07, 6.45) is 11.6. The SMILES string of the molecule is C[C@@H](C(=O)NCCCCN1CCCCCC1)n1cccc1. The Bertz CT molecular complexity index is 394. The Morgan fingerprint density at radius 2 is 1.76 bits per heavy atom. The number of unbranched alkanes of at least 4 members (excludes halogenated alkanes) is 1. The van der Waals surface area contributed by atoms with Crippen LogP contribution in [0.1, 0.15) is 51.5 Å². The Kier molecular flexibility index (Phi) is 6.80. The van der Waals surface area contributed by atoms with Gasteiger partial charge in [0.1, 0.15) is 6.04 Å². The van der Waals surface area contributed by atoms with Gasteiger partial charge in [0.05, 0.1) is 0 Å². The third-order valence-corrected chi connectivity index (χ3v) is 4.35. The second-order valence-corrected chi connectivity index (χ2v) is 6.06. The quantitative estimate of drug-likeness (QED) is 0.784. The summed E-state index contributed by atoms with van der Waals surface area (Å²) >= 11 is 0. The van der Waals surface area contributed by atoms with Crippen LogP contribution in [0.3, 0.4) is 0 Å². The highest BCUT2D eigenvalue weighted by molar-refractivity contribution is 5.79. The van der Waals surface area contributed by atoms with Gasteiger partial charge in [-0.1, -0.05) is 12.8 Å². The van der Waals surface area contributed by atoms with Gasteiger partial charge in [0, 0.05) is 18.9 Å². The lowest BCUT2D eigenvalue weighted by Crippen LogP contribution is -2.32. The lowest BCUT2D eigenvalue weighted by Gasteiger charge is -2.19. The van der Waals surface area contributed by atoms with Crippen LogP contribution < -0.4 is 5.32 Å². The summed E-state index contributed by atoms with van der Waals surface area (Å²) in [5, 5.41) is 3.04. The van der Waals surface area contributed by atoms with Gasteiger partial charge in [-0.15, -0.1) is 0 Å². The maximum atomic E-state index is 12.0. The maximum absolute atomic E-state index is 12.0. The Labute approximate surface area is 128 Å². The van der Waals surface area contributed by atoms with E-state index in [1.807, 2.05) is 36.0 Å². The van der Waals surface area contributed by atoms with Gasteiger partial charge in [0.25, 0.3) is 0 Å². The first-order chi connectivity index (χ1) is 10.3. The number of carbonyl (C=O) groups is 1. The van der Waals surface area contributed by atoms with Crippen LogP contribution in [0.2, 0.25) is 0 Å². The lowest BCUT2D eigenvalue weighted by molar-refractivity contribution is -0.123. The molecule has 1 amide bonds. The minimum Gasteiger partial charge on any atom is -0.354 e. The monoisotopic (exact) mass is 291 g/mol. The molecule has 2 rings (SSSR count). The summed E-state index contributed by atoms with van der Waals surface area (Å²) < 4.78 is 1.94. The van der Waals surface area contributed by atoms with Gasteiger partial charge in [0.15, 0.2) is 0 Å². The molecule has 0 spiro atoms. The molecule has 1 aromatic heterocycles. The van der Waals surface area contributed by atoms with E-state index in [-0.39, 0.29) is 11.9 Å². The summed E-state index contributed by atoms with van der Waals surface area (Å²) in [7, 11) is 0. The predicted octanol–water partition coefficient (Wildman–Crippen LogP) is 2.82. The van der Waals surface area contributed by atoms with Crippen LogP contribution in [0.15, 0.2) is 24.5 Å². The number of hydrogen-bond donors (Lipinski definition) is 1. The standard InChI is InChI=1S/C17H29N3O/c1-16(20-14-8-9-15-20)17(21)18-10-4-7-13-19-11-5-2-3-6-12-19/h8-9,14-16H,2-7,10-13H2,1H3,(H,18,21)/t16-/m0/s1. The largest absolute Gasteiger partial charge is 0.354 e. The fraction of sp³-hybridized carbons (Fsp3) is 0.706. The molecule has 2 heterocycles. The summed E-state index contributed by atoms with van der Waals surface area (Å²) in [5.74, 6) is 0.112. The molecule has 1 N–H and O–H groups in total. The zero-order valence-corrected chi connectivity index (χ0v) is 13.3. The molecule has 1 aromatic rings. The van der Waals surface area contributed by atoms with E-state index in [1.54, 1.807) is 0 Å². The van der Waals surface area contributed by atoms with Crippen molar-refractivity contribution in [2.45, 2.75) is 51.5 Å². The van der Waals surface area contributed by atoms with Crippen LogP contribution in [0.4, 0.5) is 0 Å². The molecule has 0 aliphatic carbocycles. The number of aromatic nitrogens is 1. The Morgan fingerprint density at radius 3 is 2.43 bits per heavy atom. The molecule has 1 aliphatic heterocycles. The average molecular weight is 291 g/mol. The molecular weight excluding hydrogens is 262 g/mol. The van der Waals surface area contributed by atoms with Gasteiger partial charge in [-0.05, 0) is 64.4 Å². The minimum atomic E-state index is -0.120. The summed E-state index contributed by atoms with van der Waals surface area (Å²) in [4.78, 5) is 14.6. The van der Waals surface area contributed by atoms with Crippen molar-refractivity contribution < 1.29 is 4.79 Å². The number of carbonyl (C=O) groups excluding carboxylic acids is 1. The molecule has 4 nitrogen and oxygen atoms in total. The fourth-order valence-corrected chi connectivity index (χ4v) is 2.92. The molecule has 1 atom stereocenters. The van der Waals surface area contributed by atoms with Crippen molar-refractivity contribution >= 4 is 5.91 Å². The molecule has 0 saturated carbocycles. The minimum absolute atomic E-state index is 0.112. The van der Waals surface area contributed by atoms with Crippen LogP contribution in [-0.2, 0) is 4.79 Å². The first-order valence-electron chi connectivity index (χ1n) is 8.40. The van der Waals surface area contributed by atoms with E-state index in [2.05, 4.69) is 10.2 Å². The number of nitrogens with zero attached hydrogens (tertiary/aromatic N) is 2. The first-order valence-corrected chi connectivity index (χ1v) is 8.40. The van der Waals surface area contributed by atoms with Gasteiger partial charge in [-0.2, -0.15) is 0 Å². The number of rotatable bonds is 7. The van der Waals surface area contributed by atoms with E-state index in [0.717, 1.165) is 13.0 Å². The van der Waals surface area contributed by atoms with Gasteiger partial charge in [-0.25, -0.2) is 0 Å². The molecule has 21 heavy (non-hydrogen) atoms. The molecular formula is C17H29N3O. The van der Waals surface area contributed by atoms with Gasteiger partial charge < -0.3 is 14.8 Å². The third kappa shape index (κ3) is 5.54. The Balaban J connectivity index is 1.55. The van der Waals surface area contributed by atoms with Crippen LogP contribution >= 0.6 is 0 Å². The zero-order chi connectivity index (χ0) is 14.9. The van der Waals surface area contributed by atoms with Crippen molar-refractivity contribution in [1.82, 2.24) is 14.8 Å². The molecule has 1 aliphatic rings. The Morgan fingerprint density at radius 1 is 1.10 bits per heavy atom. The highest BCUT2D eigenvalue weighted by Crippen LogP contribution is 2.10. The number of hydrogen-bond acceptors (Lipinski definition) is 2. The van der Waals surface area contributed by atoms with Gasteiger partial charge >= 0.3 is 0 Å².